The zero-order chi connectivity index (χ0) is 20.3. The first-order valence-electron chi connectivity index (χ1n) is 8.30. The van der Waals surface area contributed by atoms with Gasteiger partial charge in [0.2, 0.25) is 5.09 Å². The molecule has 3 aromatic rings. The standard InChI is InChI=1S/C18H19N3O5S2/c1-12-6-7-16(27(23)9-8-20-18(19)22)14(10-12)21-28(24,25)17-11-13-4-2-3-5-15(13)26-17/h2-7,10-11,21H,8-9H2,1H3,(H3,19,20,22). The van der Waals surface area contributed by atoms with Crippen molar-refractivity contribution in [2.75, 3.05) is 17.0 Å². The number of urea groups is 1. The highest BCUT2D eigenvalue weighted by molar-refractivity contribution is 7.92. The predicted molar refractivity (Wildman–Crippen MR) is 107 cm³/mol. The number of carbonyl (C=O) groups excluding carboxylic acids is 1. The number of nitrogens with two attached hydrogens (primary N) is 1. The van der Waals surface area contributed by atoms with E-state index in [0.717, 1.165) is 5.56 Å². The second kappa shape index (κ2) is 8.03. The summed E-state index contributed by atoms with van der Waals surface area (Å²) in [4.78, 5) is 11.1. The van der Waals surface area contributed by atoms with E-state index < -0.39 is 26.9 Å². The third-order valence-electron chi connectivity index (χ3n) is 3.88. The van der Waals surface area contributed by atoms with Gasteiger partial charge in [0.1, 0.15) is 5.58 Å². The molecule has 28 heavy (non-hydrogen) atoms. The van der Waals surface area contributed by atoms with Crippen LogP contribution in [0.1, 0.15) is 5.56 Å². The normalized spacial score (nSPS) is 12.6. The van der Waals surface area contributed by atoms with E-state index in [1.807, 2.05) is 0 Å². The van der Waals surface area contributed by atoms with Crippen molar-refractivity contribution >= 4 is 43.5 Å². The minimum atomic E-state index is -4.02. The van der Waals surface area contributed by atoms with E-state index >= 15 is 0 Å². The van der Waals surface area contributed by atoms with Gasteiger partial charge in [0.25, 0.3) is 10.0 Å². The van der Waals surface area contributed by atoms with Crippen molar-refractivity contribution in [2.24, 2.45) is 5.73 Å². The highest BCUT2D eigenvalue weighted by Crippen LogP contribution is 2.27. The van der Waals surface area contributed by atoms with Gasteiger partial charge in [-0.3, -0.25) is 8.93 Å². The molecule has 10 heteroatoms. The Balaban J connectivity index is 1.89. The van der Waals surface area contributed by atoms with Crippen LogP contribution < -0.4 is 15.8 Å². The Morgan fingerprint density at radius 1 is 1.18 bits per heavy atom. The Morgan fingerprint density at radius 3 is 2.64 bits per heavy atom. The van der Waals surface area contributed by atoms with Gasteiger partial charge in [-0.1, -0.05) is 24.3 Å². The van der Waals surface area contributed by atoms with Crippen LogP contribution >= 0.6 is 0 Å². The maximum absolute atomic E-state index is 12.8. The van der Waals surface area contributed by atoms with Crippen LogP contribution in [0.2, 0.25) is 0 Å². The second-order valence-corrected chi connectivity index (χ2v) is 9.20. The lowest BCUT2D eigenvalue weighted by Crippen LogP contribution is -2.32. The monoisotopic (exact) mass is 421 g/mol. The van der Waals surface area contributed by atoms with Crippen LogP contribution in [0, 0.1) is 6.92 Å². The molecule has 148 valence electrons. The first kappa shape index (κ1) is 19.9. The van der Waals surface area contributed by atoms with Crippen LogP contribution in [0.25, 0.3) is 11.0 Å². The van der Waals surface area contributed by atoms with E-state index in [1.54, 1.807) is 49.4 Å². The van der Waals surface area contributed by atoms with Crippen LogP contribution in [-0.2, 0) is 20.8 Å². The molecule has 2 aromatic carbocycles. The van der Waals surface area contributed by atoms with Gasteiger partial charge in [0.15, 0.2) is 0 Å². The zero-order valence-corrected chi connectivity index (χ0v) is 16.6. The molecule has 0 fully saturated rings. The van der Waals surface area contributed by atoms with Crippen LogP contribution in [0.15, 0.2) is 62.9 Å². The number of hydrogen-bond acceptors (Lipinski definition) is 5. The van der Waals surface area contributed by atoms with Crippen LogP contribution in [0.3, 0.4) is 0 Å². The number of para-hydroxylation sites is 1. The summed E-state index contributed by atoms with van der Waals surface area (Å²) in [5, 5.41) is 2.78. The van der Waals surface area contributed by atoms with Gasteiger partial charge in [-0.25, -0.2) is 4.79 Å². The predicted octanol–water partition coefficient (Wildman–Crippen LogP) is 2.32. The molecule has 0 aliphatic carbocycles. The number of aryl methyl sites for hydroxylation is 1. The summed E-state index contributed by atoms with van der Waals surface area (Å²) in [6.07, 6.45) is 0. The number of carbonyl (C=O) groups is 1. The molecular weight excluding hydrogens is 402 g/mol. The minimum absolute atomic E-state index is 0.0887. The molecule has 0 aliphatic rings. The molecular formula is C18H19N3O5S2. The quantitative estimate of drug-likeness (QED) is 0.539. The second-order valence-electron chi connectivity index (χ2n) is 6.05. The number of fused-ring (bicyclic) bond motifs is 1. The fourth-order valence-corrected chi connectivity index (χ4v) is 4.77. The average Bonchev–Trinajstić information content (AvgIpc) is 3.06. The molecule has 0 radical (unpaired) electrons. The number of benzene rings is 2. The van der Waals surface area contributed by atoms with E-state index in [4.69, 9.17) is 10.2 Å². The fourth-order valence-electron chi connectivity index (χ4n) is 2.58. The average molecular weight is 422 g/mol. The van der Waals surface area contributed by atoms with Gasteiger partial charge in [-0.2, -0.15) is 8.42 Å². The van der Waals surface area contributed by atoms with Crippen molar-refractivity contribution in [3.05, 3.63) is 54.1 Å². The Kier molecular flexibility index (Phi) is 5.71. The molecule has 4 N–H and O–H groups in total. The van der Waals surface area contributed by atoms with E-state index in [-0.39, 0.29) is 23.1 Å². The number of primary amides is 1. The Hall–Kier alpha value is -2.85. The zero-order valence-electron chi connectivity index (χ0n) is 15.0. The van der Waals surface area contributed by atoms with Crippen LogP contribution in [-0.4, -0.2) is 31.0 Å². The molecule has 0 bridgehead atoms. The lowest BCUT2D eigenvalue weighted by molar-refractivity contribution is 0.249. The molecule has 1 atom stereocenters. The van der Waals surface area contributed by atoms with Crippen molar-refractivity contribution in [1.29, 1.82) is 0 Å². The number of furan rings is 1. The minimum Gasteiger partial charge on any atom is -0.443 e. The molecule has 0 saturated heterocycles. The van der Waals surface area contributed by atoms with Crippen molar-refractivity contribution in [3.63, 3.8) is 0 Å². The summed E-state index contributed by atoms with van der Waals surface area (Å²) in [5.41, 5.74) is 6.43. The molecule has 2 amide bonds. The Labute approximate surface area is 164 Å². The molecule has 1 aromatic heterocycles. The number of hydrogen-bond donors (Lipinski definition) is 3. The Bertz CT molecular complexity index is 1120. The fraction of sp³-hybridized carbons (Fsp3) is 0.167. The highest BCUT2D eigenvalue weighted by atomic mass is 32.2. The number of sulfonamides is 1. The van der Waals surface area contributed by atoms with Gasteiger partial charge in [-0.15, -0.1) is 0 Å². The van der Waals surface area contributed by atoms with E-state index in [1.165, 1.54) is 6.07 Å². The molecule has 1 unspecified atom stereocenters. The number of amides is 2. The van der Waals surface area contributed by atoms with E-state index in [2.05, 4.69) is 10.0 Å². The first-order chi connectivity index (χ1) is 13.3. The number of rotatable bonds is 7. The SMILES string of the molecule is Cc1ccc(S(=O)CCNC(N)=O)c(NS(=O)(=O)c2cc3ccccc3o2)c1. The summed E-state index contributed by atoms with van der Waals surface area (Å²) in [6.45, 7) is 1.89. The van der Waals surface area contributed by atoms with Crippen LogP contribution in [0.4, 0.5) is 10.5 Å². The topological polar surface area (TPSA) is 132 Å². The van der Waals surface area contributed by atoms with Gasteiger partial charge >= 0.3 is 6.03 Å². The van der Waals surface area contributed by atoms with Gasteiger partial charge in [0.05, 0.1) is 21.4 Å². The summed E-state index contributed by atoms with van der Waals surface area (Å²) in [5.74, 6) is 0.0887. The summed E-state index contributed by atoms with van der Waals surface area (Å²) < 4.78 is 46.0. The number of nitrogens with one attached hydrogen (secondary N) is 2. The van der Waals surface area contributed by atoms with Gasteiger partial charge in [0, 0.05) is 23.8 Å². The Morgan fingerprint density at radius 2 is 1.93 bits per heavy atom. The highest BCUT2D eigenvalue weighted by Gasteiger charge is 2.22. The third-order valence-corrected chi connectivity index (χ3v) is 6.52. The molecule has 3 rings (SSSR count). The lowest BCUT2D eigenvalue weighted by Gasteiger charge is -2.12. The molecule has 8 nitrogen and oxygen atoms in total. The molecule has 1 heterocycles. The molecule has 0 saturated carbocycles. The maximum atomic E-state index is 12.8. The van der Waals surface area contributed by atoms with E-state index in [0.29, 0.717) is 15.9 Å². The molecule has 0 spiro atoms. The maximum Gasteiger partial charge on any atom is 0.312 e. The lowest BCUT2D eigenvalue weighted by atomic mass is 10.2. The molecule has 0 aliphatic heterocycles. The van der Waals surface area contributed by atoms with Crippen LogP contribution in [0.5, 0.6) is 0 Å². The summed E-state index contributed by atoms with van der Waals surface area (Å²) >= 11 is 0. The number of anilines is 1. The van der Waals surface area contributed by atoms with Gasteiger partial charge in [-0.05, 0) is 30.7 Å². The van der Waals surface area contributed by atoms with E-state index in [9.17, 15) is 17.4 Å². The van der Waals surface area contributed by atoms with Gasteiger partial charge < -0.3 is 15.5 Å². The largest absolute Gasteiger partial charge is 0.443 e. The van der Waals surface area contributed by atoms with Crippen molar-refractivity contribution in [1.82, 2.24) is 5.32 Å². The van der Waals surface area contributed by atoms with Crippen molar-refractivity contribution in [3.8, 4) is 0 Å². The summed E-state index contributed by atoms with van der Waals surface area (Å²) in [7, 11) is -5.58. The third kappa shape index (κ3) is 4.52. The smallest absolute Gasteiger partial charge is 0.312 e. The van der Waals surface area contributed by atoms with Crippen molar-refractivity contribution < 1.29 is 21.8 Å². The van der Waals surface area contributed by atoms with Crippen molar-refractivity contribution in [2.45, 2.75) is 16.9 Å². The summed E-state index contributed by atoms with van der Waals surface area (Å²) in [6, 6.07) is 12.6. The first-order valence-corrected chi connectivity index (χ1v) is 11.1.